The van der Waals surface area contributed by atoms with Crippen molar-refractivity contribution in [2.75, 3.05) is 19.1 Å². The molecule has 0 saturated heterocycles. The molecule has 0 saturated carbocycles. The number of amides is 1. The molecule has 2 rings (SSSR count). The molecule has 0 N–H and O–H groups in total. The molecule has 0 unspecified atom stereocenters. The molecule has 0 atom stereocenters. The van der Waals surface area contributed by atoms with Crippen molar-refractivity contribution in [3.8, 4) is 11.5 Å². The topological polar surface area (TPSA) is 91.1 Å². The molecule has 0 fully saturated rings. The van der Waals surface area contributed by atoms with Crippen molar-refractivity contribution in [1.29, 1.82) is 0 Å². The Morgan fingerprint density at radius 3 is 2.25 bits per heavy atom. The lowest BCUT2D eigenvalue weighted by atomic mass is 10.2. The molecule has 0 radical (unpaired) electrons. The molecule has 0 aliphatic heterocycles. The zero-order valence-corrected chi connectivity index (χ0v) is 16.6. The van der Waals surface area contributed by atoms with Gasteiger partial charge in [0, 0.05) is 19.2 Å². The zero-order valence-electron chi connectivity index (χ0n) is 16.6. The quantitative estimate of drug-likeness (QED) is 0.532. The molecular weight excluding hydrogens is 364 g/mol. The smallest absolute Gasteiger partial charge is 0.414 e. The van der Waals surface area contributed by atoms with Gasteiger partial charge in [0.05, 0.1) is 12.0 Å². The Balaban J connectivity index is 2.21. The minimum atomic E-state index is -0.720. The van der Waals surface area contributed by atoms with Crippen LogP contribution in [0, 0.1) is 10.1 Å². The normalized spacial score (nSPS) is 10.9. The van der Waals surface area contributed by atoms with E-state index in [1.807, 2.05) is 24.3 Å². The van der Waals surface area contributed by atoms with Gasteiger partial charge in [0.2, 0.25) is 0 Å². The van der Waals surface area contributed by atoms with Gasteiger partial charge in [0.15, 0.2) is 0 Å². The predicted molar refractivity (Wildman–Crippen MR) is 105 cm³/mol. The molecule has 8 nitrogen and oxygen atoms in total. The average Bonchev–Trinajstić information content (AvgIpc) is 2.64. The minimum absolute atomic E-state index is 0.0893. The number of ether oxygens (including phenoxy) is 3. The highest BCUT2D eigenvalue weighted by Gasteiger charge is 2.26. The first-order chi connectivity index (χ1) is 13.1. The summed E-state index contributed by atoms with van der Waals surface area (Å²) in [6, 6.07) is 11.6. The van der Waals surface area contributed by atoms with Crippen LogP contribution in [0.5, 0.6) is 11.5 Å². The third-order valence-corrected chi connectivity index (χ3v) is 3.74. The van der Waals surface area contributed by atoms with Crippen LogP contribution in [0.1, 0.15) is 26.3 Å². The molecule has 0 spiro atoms. The Bertz CT molecular complexity index is 843. The summed E-state index contributed by atoms with van der Waals surface area (Å²) >= 11 is 0. The van der Waals surface area contributed by atoms with Gasteiger partial charge >= 0.3 is 6.09 Å². The number of rotatable bonds is 6. The van der Waals surface area contributed by atoms with Crippen molar-refractivity contribution in [2.24, 2.45) is 0 Å². The number of carbonyl (C=O) groups excluding carboxylic acids is 1. The molecule has 1 amide bonds. The van der Waals surface area contributed by atoms with Gasteiger partial charge in [-0.1, -0.05) is 12.1 Å². The number of benzene rings is 2. The van der Waals surface area contributed by atoms with Crippen LogP contribution in [0.15, 0.2) is 42.5 Å². The van der Waals surface area contributed by atoms with E-state index in [2.05, 4.69) is 0 Å². The van der Waals surface area contributed by atoms with E-state index in [-0.39, 0.29) is 18.0 Å². The van der Waals surface area contributed by atoms with E-state index < -0.39 is 16.6 Å². The molecule has 2 aromatic rings. The molecule has 0 aliphatic carbocycles. The number of nitrogens with zero attached hydrogens (tertiary/aromatic N) is 2. The number of nitro benzene ring substituents is 1. The number of methoxy groups -OCH3 is 1. The third-order valence-electron chi connectivity index (χ3n) is 3.74. The summed E-state index contributed by atoms with van der Waals surface area (Å²) in [5.74, 6) is 1.13. The monoisotopic (exact) mass is 388 g/mol. The minimum Gasteiger partial charge on any atom is -0.497 e. The van der Waals surface area contributed by atoms with Gasteiger partial charge in [0.25, 0.3) is 5.69 Å². The number of hydrogen-bond acceptors (Lipinski definition) is 6. The fourth-order valence-electron chi connectivity index (χ4n) is 2.33. The Labute approximate surface area is 163 Å². The lowest BCUT2D eigenvalue weighted by Crippen LogP contribution is -2.34. The van der Waals surface area contributed by atoms with Crippen molar-refractivity contribution in [2.45, 2.75) is 33.0 Å². The second kappa shape index (κ2) is 8.60. The van der Waals surface area contributed by atoms with Crippen LogP contribution in [0.3, 0.4) is 0 Å². The Morgan fingerprint density at radius 1 is 1.11 bits per heavy atom. The first-order valence-electron chi connectivity index (χ1n) is 8.61. The SMILES string of the molecule is COc1ccc(COc2ccc([N+](=O)[O-])c(N(C)C(=O)OC(C)(C)C)c2)cc1. The summed E-state index contributed by atoms with van der Waals surface area (Å²) in [6.45, 7) is 5.43. The Morgan fingerprint density at radius 2 is 1.71 bits per heavy atom. The summed E-state index contributed by atoms with van der Waals surface area (Å²) in [7, 11) is 3.01. The van der Waals surface area contributed by atoms with Crippen LogP contribution in [0.25, 0.3) is 0 Å². The summed E-state index contributed by atoms with van der Waals surface area (Å²) in [5, 5.41) is 11.4. The summed E-state index contributed by atoms with van der Waals surface area (Å²) in [5.41, 5.74) is 0.0561. The average molecular weight is 388 g/mol. The third kappa shape index (κ3) is 5.60. The second-order valence-corrected chi connectivity index (χ2v) is 7.08. The summed E-state index contributed by atoms with van der Waals surface area (Å²) < 4.78 is 16.1. The predicted octanol–water partition coefficient (Wildman–Crippen LogP) is 4.55. The lowest BCUT2D eigenvalue weighted by Gasteiger charge is -2.24. The highest BCUT2D eigenvalue weighted by atomic mass is 16.6. The van der Waals surface area contributed by atoms with Crippen molar-refractivity contribution < 1.29 is 23.9 Å². The van der Waals surface area contributed by atoms with Crippen molar-refractivity contribution in [3.63, 3.8) is 0 Å². The van der Waals surface area contributed by atoms with Crippen LogP contribution in [0.2, 0.25) is 0 Å². The molecule has 0 aliphatic rings. The first-order valence-corrected chi connectivity index (χ1v) is 8.61. The van der Waals surface area contributed by atoms with Gasteiger partial charge in [-0.25, -0.2) is 4.79 Å². The Hall–Kier alpha value is -3.29. The van der Waals surface area contributed by atoms with Crippen LogP contribution < -0.4 is 14.4 Å². The zero-order chi connectivity index (χ0) is 20.9. The van der Waals surface area contributed by atoms with Crippen molar-refractivity contribution in [1.82, 2.24) is 0 Å². The maximum Gasteiger partial charge on any atom is 0.414 e. The van der Waals surface area contributed by atoms with E-state index in [0.29, 0.717) is 5.75 Å². The van der Waals surface area contributed by atoms with Crippen LogP contribution in [-0.4, -0.2) is 30.8 Å². The second-order valence-electron chi connectivity index (χ2n) is 7.08. The molecule has 150 valence electrons. The number of carbonyl (C=O) groups is 1. The standard InChI is InChI=1S/C20H24N2O6/c1-20(2,3)28-19(23)21(4)18-12-16(10-11-17(18)22(24)25)27-13-14-6-8-15(26-5)9-7-14/h6-12H,13H2,1-5H3. The Kier molecular flexibility index (Phi) is 6.45. The van der Waals surface area contributed by atoms with E-state index in [4.69, 9.17) is 14.2 Å². The number of nitro groups is 1. The van der Waals surface area contributed by atoms with Crippen LogP contribution in [-0.2, 0) is 11.3 Å². The number of hydrogen-bond donors (Lipinski definition) is 0. The van der Waals surface area contributed by atoms with E-state index in [1.165, 1.54) is 25.2 Å². The number of anilines is 1. The van der Waals surface area contributed by atoms with Gasteiger partial charge in [-0.15, -0.1) is 0 Å². The van der Waals surface area contributed by atoms with Gasteiger partial charge in [0.1, 0.15) is 29.4 Å². The molecule has 0 bridgehead atoms. The van der Waals surface area contributed by atoms with E-state index in [9.17, 15) is 14.9 Å². The largest absolute Gasteiger partial charge is 0.497 e. The highest BCUT2D eigenvalue weighted by molar-refractivity contribution is 5.90. The van der Waals surface area contributed by atoms with Gasteiger partial charge in [-0.3, -0.25) is 15.0 Å². The van der Waals surface area contributed by atoms with Gasteiger partial charge in [-0.05, 0) is 44.5 Å². The molecule has 8 heteroatoms. The van der Waals surface area contributed by atoms with Crippen molar-refractivity contribution in [3.05, 3.63) is 58.1 Å². The molecule has 28 heavy (non-hydrogen) atoms. The van der Waals surface area contributed by atoms with E-state index in [0.717, 1.165) is 16.2 Å². The molecular formula is C20H24N2O6. The van der Waals surface area contributed by atoms with Crippen LogP contribution in [0.4, 0.5) is 16.2 Å². The molecule has 0 heterocycles. The first kappa shape index (κ1) is 21.0. The fraction of sp³-hybridized carbons (Fsp3) is 0.350. The molecule has 2 aromatic carbocycles. The van der Waals surface area contributed by atoms with E-state index >= 15 is 0 Å². The highest BCUT2D eigenvalue weighted by Crippen LogP contribution is 2.32. The van der Waals surface area contributed by atoms with Gasteiger partial charge in [-0.2, -0.15) is 0 Å². The fourth-order valence-corrected chi connectivity index (χ4v) is 2.33. The maximum absolute atomic E-state index is 12.3. The van der Waals surface area contributed by atoms with Gasteiger partial charge < -0.3 is 14.2 Å². The summed E-state index contributed by atoms with van der Waals surface area (Å²) in [4.78, 5) is 24.2. The van der Waals surface area contributed by atoms with Crippen LogP contribution >= 0.6 is 0 Å². The van der Waals surface area contributed by atoms with E-state index in [1.54, 1.807) is 27.9 Å². The molecule has 0 aromatic heterocycles. The van der Waals surface area contributed by atoms with Crippen molar-refractivity contribution >= 4 is 17.5 Å². The maximum atomic E-state index is 12.3. The lowest BCUT2D eigenvalue weighted by molar-refractivity contribution is -0.384. The summed E-state index contributed by atoms with van der Waals surface area (Å²) in [6.07, 6.45) is -0.692.